The van der Waals surface area contributed by atoms with Crippen molar-refractivity contribution in [2.45, 2.75) is 256 Å². The van der Waals surface area contributed by atoms with Crippen molar-refractivity contribution in [1.29, 1.82) is 0 Å². The summed E-state index contributed by atoms with van der Waals surface area (Å²) in [5.41, 5.74) is 0. The van der Waals surface area contributed by atoms with Gasteiger partial charge in [0.2, 0.25) is 0 Å². The molecule has 0 amide bonds. The van der Waals surface area contributed by atoms with Gasteiger partial charge in [0.1, 0.15) is 36.8 Å². The normalized spacial score (nSPS) is 20.3. The highest BCUT2D eigenvalue weighted by Crippen LogP contribution is 2.24. The maximum Gasteiger partial charge on any atom is 0.306 e. The van der Waals surface area contributed by atoms with E-state index in [4.69, 9.17) is 18.9 Å². The third-order valence-corrected chi connectivity index (χ3v) is 11.9. The molecule has 0 radical (unpaired) electrons. The van der Waals surface area contributed by atoms with E-state index in [1.807, 2.05) is 0 Å². The lowest BCUT2D eigenvalue weighted by molar-refractivity contribution is -0.297. The number of carbonyl (C=O) groups excluding carboxylic acids is 2. The topological polar surface area (TPSA) is 186 Å². The van der Waals surface area contributed by atoms with Crippen LogP contribution >= 0.6 is 0 Å². The van der Waals surface area contributed by atoms with Crippen LogP contribution in [0, 0.1) is 0 Å². The summed E-state index contributed by atoms with van der Waals surface area (Å²) < 4.78 is 54.1. The predicted molar refractivity (Wildman–Crippen MR) is 229 cm³/mol. The standard InChI is InChI=1S/C45H86O12S/c1-3-5-7-9-11-13-15-17-19-21-23-25-27-29-31-33-40(46)54-35-38(36-55-45-44(50)43(49)42(48)39(57-45)37-58(51,52)53)56-41(47)34-32-30-28-26-24-22-20-18-16-14-12-10-8-6-4-2/h38-39,42-45,48-50H,3-37H2,1-2H3,(H,51,52,53)/t38-,39-,42-,43+,44-,45+/m1/s1. The second-order valence-corrected chi connectivity index (χ2v) is 18.3. The van der Waals surface area contributed by atoms with Gasteiger partial charge in [0, 0.05) is 12.8 Å². The summed E-state index contributed by atoms with van der Waals surface area (Å²) in [5.74, 6) is -1.96. The molecule has 1 rings (SSSR count). The zero-order valence-electron chi connectivity index (χ0n) is 36.7. The minimum Gasteiger partial charge on any atom is -0.462 e. The van der Waals surface area contributed by atoms with Gasteiger partial charge < -0.3 is 34.3 Å². The molecule has 0 aromatic carbocycles. The molecule has 0 unspecified atom stereocenters. The van der Waals surface area contributed by atoms with Crippen LogP contribution in [0.5, 0.6) is 0 Å². The van der Waals surface area contributed by atoms with Crippen LogP contribution in [0.3, 0.4) is 0 Å². The highest BCUT2D eigenvalue weighted by Gasteiger charge is 2.46. The van der Waals surface area contributed by atoms with E-state index in [1.165, 1.54) is 141 Å². The summed E-state index contributed by atoms with van der Waals surface area (Å²) in [6.07, 6.45) is 27.1. The Morgan fingerprint density at radius 3 is 1.26 bits per heavy atom. The van der Waals surface area contributed by atoms with Crippen molar-refractivity contribution >= 4 is 22.1 Å². The van der Waals surface area contributed by atoms with E-state index in [0.717, 1.165) is 38.5 Å². The molecule has 1 aliphatic heterocycles. The number of rotatable bonds is 40. The second kappa shape index (κ2) is 36.3. The highest BCUT2D eigenvalue weighted by molar-refractivity contribution is 7.85. The molecule has 0 bridgehead atoms. The summed E-state index contributed by atoms with van der Waals surface area (Å²) in [6, 6.07) is 0. The first-order valence-electron chi connectivity index (χ1n) is 23.6. The predicted octanol–water partition coefficient (Wildman–Crippen LogP) is 9.68. The lowest BCUT2D eigenvalue weighted by Gasteiger charge is -2.40. The number of hydrogen-bond donors (Lipinski definition) is 4. The van der Waals surface area contributed by atoms with Crippen LogP contribution in [-0.2, 0) is 38.7 Å². The van der Waals surface area contributed by atoms with Crippen molar-refractivity contribution in [3.8, 4) is 0 Å². The fraction of sp³-hybridized carbons (Fsp3) is 0.956. The zero-order chi connectivity index (χ0) is 42.7. The van der Waals surface area contributed by atoms with E-state index < -0.39 is 71.2 Å². The number of carbonyl (C=O) groups is 2. The Bertz CT molecular complexity index is 1090. The quantitative estimate of drug-likeness (QED) is 0.0260. The molecule has 0 aliphatic carbocycles. The Morgan fingerprint density at radius 2 is 0.879 bits per heavy atom. The van der Waals surface area contributed by atoms with Gasteiger partial charge in [-0.25, -0.2) is 0 Å². The number of esters is 2. The van der Waals surface area contributed by atoms with Crippen LogP contribution < -0.4 is 0 Å². The van der Waals surface area contributed by atoms with E-state index >= 15 is 0 Å². The molecule has 13 heteroatoms. The molecule has 344 valence electrons. The SMILES string of the molecule is CCCCCCCCCCCCCCCCCC(=O)OC[C@H](CO[C@H]1O[C@H](CS(=O)(=O)O)[C@@H](O)[C@H](O)[C@H]1O)OC(=O)CCCCCCCCCCCCCCCCC. The van der Waals surface area contributed by atoms with Crippen LogP contribution in [0.2, 0.25) is 0 Å². The Balaban J connectivity index is 2.41. The molecule has 1 aliphatic rings. The molecular formula is C45H86O12S. The van der Waals surface area contributed by atoms with Crippen LogP contribution in [0.15, 0.2) is 0 Å². The van der Waals surface area contributed by atoms with Gasteiger partial charge in [-0.15, -0.1) is 0 Å². The van der Waals surface area contributed by atoms with Crippen molar-refractivity contribution in [2.24, 2.45) is 0 Å². The number of unbranched alkanes of at least 4 members (excludes halogenated alkanes) is 28. The first kappa shape index (κ1) is 54.7. The summed E-state index contributed by atoms with van der Waals surface area (Å²) in [7, 11) is -4.60. The molecule has 4 N–H and O–H groups in total. The highest BCUT2D eigenvalue weighted by atomic mass is 32.2. The monoisotopic (exact) mass is 851 g/mol. The summed E-state index contributed by atoms with van der Waals surface area (Å²) in [5, 5.41) is 30.9. The van der Waals surface area contributed by atoms with Crippen LogP contribution in [0.4, 0.5) is 0 Å². The molecule has 0 aromatic rings. The fourth-order valence-electron chi connectivity index (χ4n) is 7.50. The summed E-state index contributed by atoms with van der Waals surface area (Å²) >= 11 is 0. The maximum absolute atomic E-state index is 12.8. The number of hydrogen-bond acceptors (Lipinski definition) is 11. The molecular weight excluding hydrogens is 765 g/mol. The van der Waals surface area contributed by atoms with Gasteiger partial charge in [-0.1, -0.05) is 194 Å². The van der Waals surface area contributed by atoms with Gasteiger partial charge in [-0.3, -0.25) is 14.1 Å². The Morgan fingerprint density at radius 1 is 0.517 bits per heavy atom. The van der Waals surface area contributed by atoms with Crippen LogP contribution in [0.1, 0.15) is 219 Å². The van der Waals surface area contributed by atoms with Gasteiger partial charge in [0.05, 0.1) is 6.61 Å². The smallest absolute Gasteiger partial charge is 0.306 e. The third kappa shape index (κ3) is 30.6. The van der Waals surface area contributed by atoms with E-state index in [-0.39, 0.29) is 19.4 Å². The molecule has 0 spiro atoms. The van der Waals surface area contributed by atoms with Crippen molar-refractivity contribution in [2.75, 3.05) is 19.0 Å². The van der Waals surface area contributed by atoms with Crippen LogP contribution in [0.25, 0.3) is 0 Å². The molecule has 1 saturated heterocycles. The van der Waals surface area contributed by atoms with Gasteiger partial charge in [0.15, 0.2) is 12.4 Å². The molecule has 1 fully saturated rings. The average Bonchev–Trinajstić information content (AvgIpc) is 3.18. The first-order valence-corrected chi connectivity index (χ1v) is 25.2. The second-order valence-electron chi connectivity index (χ2n) is 16.8. The lowest BCUT2D eigenvalue weighted by atomic mass is 10.00. The minimum absolute atomic E-state index is 0.172. The lowest BCUT2D eigenvalue weighted by Crippen LogP contribution is -2.60. The van der Waals surface area contributed by atoms with Crippen molar-refractivity contribution < 1.29 is 56.8 Å². The van der Waals surface area contributed by atoms with Gasteiger partial charge in [-0.2, -0.15) is 8.42 Å². The zero-order valence-corrected chi connectivity index (χ0v) is 37.5. The fourth-order valence-corrected chi connectivity index (χ4v) is 8.19. The van der Waals surface area contributed by atoms with Crippen molar-refractivity contribution in [3.63, 3.8) is 0 Å². The molecule has 0 aromatic heterocycles. The molecule has 6 atom stereocenters. The third-order valence-electron chi connectivity index (χ3n) is 11.2. The number of ether oxygens (including phenoxy) is 4. The van der Waals surface area contributed by atoms with E-state index in [0.29, 0.717) is 12.8 Å². The van der Waals surface area contributed by atoms with Crippen molar-refractivity contribution in [1.82, 2.24) is 0 Å². The minimum atomic E-state index is -4.60. The Kier molecular flexibility index (Phi) is 34.2. The van der Waals surface area contributed by atoms with Gasteiger partial charge in [-0.05, 0) is 12.8 Å². The van der Waals surface area contributed by atoms with Crippen LogP contribution in [-0.4, -0.2) is 96.0 Å². The Hall–Kier alpha value is -1.35. The molecule has 0 saturated carbocycles. The van der Waals surface area contributed by atoms with Crippen molar-refractivity contribution in [3.05, 3.63) is 0 Å². The summed E-state index contributed by atoms with van der Waals surface area (Å²) in [6.45, 7) is 3.79. The maximum atomic E-state index is 12.8. The van der Waals surface area contributed by atoms with E-state index in [2.05, 4.69) is 13.8 Å². The van der Waals surface area contributed by atoms with Gasteiger partial charge >= 0.3 is 11.9 Å². The largest absolute Gasteiger partial charge is 0.462 e. The molecule has 1 heterocycles. The van der Waals surface area contributed by atoms with E-state index in [1.54, 1.807) is 0 Å². The first-order chi connectivity index (χ1) is 28.0. The van der Waals surface area contributed by atoms with Gasteiger partial charge in [0.25, 0.3) is 10.1 Å². The van der Waals surface area contributed by atoms with E-state index in [9.17, 15) is 37.9 Å². The summed E-state index contributed by atoms with van der Waals surface area (Å²) in [4.78, 5) is 25.4. The number of aliphatic hydroxyl groups is 3. The molecule has 58 heavy (non-hydrogen) atoms. The molecule has 12 nitrogen and oxygen atoms in total. The number of aliphatic hydroxyl groups excluding tert-OH is 3. The Labute approximate surface area is 353 Å². The average molecular weight is 851 g/mol.